The minimum Gasteiger partial charge on any atom is -0.381 e. The van der Waals surface area contributed by atoms with Gasteiger partial charge in [-0.2, -0.15) is 0 Å². The van der Waals surface area contributed by atoms with Crippen molar-refractivity contribution in [3.8, 4) is 0 Å². The van der Waals surface area contributed by atoms with Gasteiger partial charge in [0.05, 0.1) is 0 Å². The van der Waals surface area contributed by atoms with E-state index in [1.54, 1.807) is 0 Å². The standard InChI is InChI=1S/C14H27NO2/c1-11(2)5-4-6-12(3)15-14(16)13-7-9-17-10-8-13/h11-13H,4-10H2,1-3H3,(H,15,16). The largest absolute Gasteiger partial charge is 0.381 e. The maximum absolute atomic E-state index is 11.9. The van der Waals surface area contributed by atoms with Gasteiger partial charge in [0, 0.05) is 25.2 Å². The van der Waals surface area contributed by atoms with E-state index >= 15 is 0 Å². The van der Waals surface area contributed by atoms with E-state index in [1.807, 2.05) is 0 Å². The summed E-state index contributed by atoms with van der Waals surface area (Å²) in [5.41, 5.74) is 0. The predicted molar refractivity (Wildman–Crippen MR) is 69.8 cm³/mol. The van der Waals surface area contributed by atoms with Crippen LogP contribution < -0.4 is 5.32 Å². The summed E-state index contributed by atoms with van der Waals surface area (Å²) >= 11 is 0. The normalized spacial score (nSPS) is 19.3. The summed E-state index contributed by atoms with van der Waals surface area (Å²) in [5, 5.41) is 3.13. The molecule has 0 saturated carbocycles. The quantitative estimate of drug-likeness (QED) is 0.776. The van der Waals surface area contributed by atoms with Crippen LogP contribution in [0.15, 0.2) is 0 Å². The van der Waals surface area contributed by atoms with Crippen LogP contribution in [0, 0.1) is 11.8 Å². The molecule has 0 bridgehead atoms. The second-order valence-electron chi connectivity index (χ2n) is 5.62. The first-order valence-corrected chi connectivity index (χ1v) is 6.97. The molecule has 1 heterocycles. The molecule has 1 fully saturated rings. The fourth-order valence-corrected chi connectivity index (χ4v) is 2.22. The summed E-state index contributed by atoms with van der Waals surface area (Å²) in [6.07, 6.45) is 5.30. The van der Waals surface area contributed by atoms with Crippen LogP contribution in [0.4, 0.5) is 0 Å². The number of ether oxygens (including phenoxy) is 1. The van der Waals surface area contributed by atoms with Gasteiger partial charge in [0.25, 0.3) is 0 Å². The summed E-state index contributed by atoms with van der Waals surface area (Å²) < 4.78 is 5.27. The Morgan fingerprint density at radius 3 is 2.47 bits per heavy atom. The van der Waals surface area contributed by atoms with Crippen molar-refractivity contribution in [3.05, 3.63) is 0 Å². The van der Waals surface area contributed by atoms with Crippen molar-refractivity contribution in [3.63, 3.8) is 0 Å². The maximum Gasteiger partial charge on any atom is 0.223 e. The first-order chi connectivity index (χ1) is 8.09. The van der Waals surface area contributed by atoms with Crippen molar-refractivity contribution in [2.45, 2.75) is 58.9 Å². The lowest BCUT2D eigenvalue weighted by molar-refractivity contribution is -0.128. The van der Waals surface area contributed by atoms with Crippen LogP contribution in [0.1, 0.15) is 52.9 Å². The van der Waals surface area contributed by atoms with Gasteiger partial charge in [0.15, 0.2) is 0 Å². The molecule has 1 rings (SSSR count). The van der Waals surface area contributed by atoms with E-state index in [0.29, 0.717) is 6.04 Å². The van der Waals surface area contributed by atoms with Crippen LogP contribution in [0.2, 0.25) is 0 Å². The molecule has 1 N–H and O–H groups in total. The highest BCUT2D eigenvalue weighted by atomic mass is 16.5. The van der Waals surface area contributed by atoms with Gasteiger partial charge in [0.2, 0.25) is 5.91 Å². The zero-order valence-corrected chi connectivity index (χ0v) is 11.5. The van der Waals surface area contributed by atoms with E-state index in [1.165, 1.54) is 12.8 Å². The van der Waals surface area contributed by atoms with Crippen LogP contribution >= 0.6 is 0 Å². The van der Waals surface area contributed by atoms with Gasteiger partial charge >= 0.3 is 0 Å². The van der Waals surface area contributed by atoms with Crippen molar-refractivity contribution in [1.82, 2.24) is 5.32 Å². The highest BCUT2D eigenvalue weighted by molar-refractivity contribution is 5.78. The Hall–Kier alpha value is -0.570. The monoisotopic (exact) mass is 241 g/mol. The van der Waals surface area contributed by atoms with Crippen LogP contribution in [-0.2, 0) is 9.53 Å². The van der Waals surface area contributed by atoms with Crippen molar-refractivity contribution < 1.29 is 9.53 Å². The molecule has 100 valence electrons. The van der Waals surface area contributed by atoms with Crippen LogP contribution in [-0.4, -0.2) is 25.2 Å². The Morgan fingerprint density at radius 1 is 1.24 bits per heavy atom. The smallest absolute Gasteiger partial charge is 0.223 e. The first kappa shape index (κ1) is 14.5. The molecule has 3 heteroatoms. The third-order valence-corrected chi connectivity index (χ3v) is 3.40. The lowest BCUT2D eigenvalue weighted by Gasteiger charge is -2.23. The van der Waals surface area contributed by atoms with Crippen molar-refractivity contribution in [2.24, 2.45) is 11.8 Å². The van der Waals surface area contributed by atoms with Gasteiger partial charge in [-0.3, -0.25) is 4.79 Å². The van der Waals surface area contributed by atoms with E-state index in [9.17, 15) is 4.79 Å². The fourth-order valence-electron chi connectivity index (χ4n) is 2.22. The molecule has 1 aliphatic rings. The summed E-state index contributed by atoms with van der Waals surface area (Å²) in [6, 6.07) is 0.309. The molecular formula is C14H27NO2. The average molecular weight is 241 g/mol. The molecule has 0 spiro atoms. The Labute approximate surface area is 105 Å². The molecule has 0 aliphatic carbocycles. The fraction of sp³-hybridized carbons (Fsp3) is 0.929. The van der Waals surface area contributed by atoms with Gasteiger partial charge in [-0.15, -0.1) is 0 Å². The van der Waals surface area contributed by atoms with E-state index in [0.717, 1.165) is 38.4 Å². The van der Waals surface area contributed by atoms with Gasteiger partial charge < -0.3 is 10.1 Å². The zero-order chi connectivity index (χ0) is 12.7. The predicted octanol–water partition coefficient (Wildman–Crippen LogP) is 2.74. The first-order valence-electron chi connectivity index (χ1n) is 6.97. The highest BCUT2D eigenvalue weighted by Crippen LogP contribution is 2.15. The molecule has 0 aromatic carbocycles. The summed E-state index contributed by atoms with van der Waals surface area (Å²) in [5.74, 6) is 1.16. The second kappa shape index (κ2) is 7.70. The van der Waals surface area contributed by atoms with Gasteiger partial charge in [-0.25, -0.2) is 0 Å². The topological polar surface area (TPSA) is 38.3 Å². The number of amides is 1. The maximum atomic E-state index is 11.9. The molecular weight excluding hydrogens is 214 g/mol. The van der Waals surface area contributed by atoms with Gasteiger partial charge in [-0.05, 0) is 32.1 Å². The third kappa shape index (κ3) is 6.06. The van der Waals surface area contributed by atoms with Crippen molar-refractivity contribution in [1.29, 1.82) is 0 Å². The number of carbonyl (C=O) groups excluding carboxylic acids is 1. The number of carbonyl (C=O) groups is 1. The molecule has 1 saturated heterocycles. The molecule has 1 unspecified atom stereocenters. The molecule has 0 radical (unpaired) electrons. The van der Waals surface area contributed by atoms with Crippen LogP contribution in [0.3, 0.4) is 0 Å². The number of hydrogen-bond acceptors (Lipinski definition) is 2. The van der Waals surface area contributed by atoms with E-state index in [4.69, 9.17) is 4.74 Å². The summed E-state index contributed by atoms with van der Waals surface area (Å²) in [4.78, 5) is 11.9. The molecule has 1 atom stereocenters. The number of rotatable bonds is 6. The van der Waals surface area contributed by atoms with Gasteiger partial charge in [-0.1, -0.05) is 26.7 Å². The average Bonchev–Trinajstić information content (AvgIpc) is 2.29. The zero-order valence-electron chi connectivity index (χ0n) is 11.5. The third-order valence-electron chi connectivity index (χ3n) is 3.40. The van der Waals surface area contributed by atoms with Gasteiger partial charge in [0.1, 0.15) is 0 Å². The molecule has 1 amide bonds. The minimum atomic E-state index is 0.177. The summed E-state index contributed by atoms with van der Waals surface area (Å²) in [7, 11) is 0. The van der Waals surface area contributed by atoms with Crippen molar-refractivity contribution >= 4 is 5.91 Å². The summed E-state index contributed by atoms with van der Waals surface area (Å²) in [6.45, 7) is 8.06. The number of hydrogen-bond donors (Lipinski definition) is 1. The van der Waals surface area contributed by atoms with Crippen LogP contribution in [0.25, 0.3) is 0 Å². The second-order valence-corrected chi connectivity index (χ2v) is 5.62. The Kier molecular flexibility index (Phi) is 6.56. The lowest BCUT2D eigenvalue weighted by Crippen LogP contribution is -2.39. The van der Waals surface area contributed by atoms with Crippen molar-refractivity contribution in [2.75, 3.05) is 13.2 Å². The molecule has 3 nitrogen and oxygen atoms in total. The molecule has 1 aliphatic heterocycles. The number of nitrogens with one attached hydrogen (secondary N) is 1. The van der Waals surface area contributed by atoms with E-state index in [2.05, 4.69) is 26.1 Å². The SMILES string of the molecule is CC(C)CCCC(C)NC(=O)C1CCOCC1. The lowest BCUT2D eigenvalue weighted by atomic mass is 9.98. The molecule has 0 aromatic rings. The molecule has 0 aromatic heterocycles. The Balaban J connectivity index is 2.15. The molecule has 17 heavy (non-hydrogen) atoms. The van der Waals surface area contributed by atoms with Crippen LogP contribution in [0.5, 0.6) is 0 Å². The van der Waals surface area contributed by atoms with E-state index < -0.39 is 0 Å². The highest BCUT2D eigenvalue weighted by Gasteiger charge is 2.22. The minimum absolute atomic E-state index is 0.177. The Bertz CT molecular complexity index is 222. The van der Waals surface area contributed by atoms with E-state index in [-0.39, 0.29) is 11.8 Å². The Morgan fingerprint density at radius 2 is 1.88 bits per heavy atom.